The number of carbonyl (C=O) groups is 1. The Morgan fingerprint density at radius 3 is 2.32 bits per heavy atom. The molecule has 0 spiro atoms. The molecule has 0 aliphatic carbocycles. The van der Waals surface area contributed by atoms with E-state index in [1.807, 2.05) is 50.8 Å². The Morgan fingerprint density at radius 2 is 1.80 bits per heavy atom. The van der Waals surface area contributed by atoms with E-state index < -0.39 is 5.60 Å². The van der Waals surface area contributed by atoms with Crippen LogP contribution in [0.25, 0.3) is 11.4 Å². The molecule has 1 saturated heterocycles. The fourth-order valence-corrected chi connectivity index (χ4v) is 2.74. The number of aromatic nitrogens is 3. The minimum absolute atomic E-state index is 0.240. The predicted molar refractivity (Wildman–Crippen MR) is 96.5 cm³/mol. The molecular formula is C18H25N5O2. The third-order valence-electron chi connectivity index (χ3n) is 4.01. The summed E-state index contributed by atoms with van der Waals surface area (Å²) in [6.07, 6.45) is 5.34. The van der Waals surface area contributed by atoms with Crippen LogP contribution in [-0.4, -0.2) is 57.3 Å². The van der Waals surface area contributed by atoms with Crippen LogP contribution < -0.4 is 4.90 Å². The standard InChI is InChI=1S/C18H25N5O2/c1-18(2,3)25-17(24)23-9-7-22(8-10-23)14-5-6-15(19-11-14)16-12-21(4)13-20-16/h5-6,11-13H,7-10H2,1-4H3. The van der Waals surface area contributed by atoms with Crippen molar-refractivity contribution in [1.82, 2.24) is 19.4 Å². The van der Waals surface area contributed by atoms with Crippen molar-refractivity contribution in [3.05, 3.63) is 30.9 Å². The second-order valence-corrected chi connectivity index (χ2v) is 7.28. The molecule has 0 aromatic carbocycles. The van der Waals surface area contributed by atoms with Crippen LogP contribution in [0.15, 0.2) is 30.9 Å². The topological polar surface area (TPSA) is 63.5 Å². The SMILES string of the molecule is Cn1cnc(-c2ccc(N3CCN(C(=O)OC(C)(C)C)CC3)cn2)c1. The molecule has 134 valence electrons. The van der Waals surface area contributed by atoms with E-state index in [0.29, 0.717) is 13.1 Å². The van der Waals surface area contributed by atoms with Crippen molar-refractivity contribution in [3.8, 4) is 11.4 Å². The summed E-state index contributed by atoms with van der Waals surface area (Å²) >= 11 is 0. The van der Waals surface area contributed by atoms with Gasteiger partial charge < -0.3 is 19.1 Å². The summed E-state index contributed by atoms with van der Waals surface area (Å²) in [5, 5.41) is 0. The molecule has 3 heterocycles. The highest BCUT2D eigenvalue weighted by Gasteiger charge is 2.26. The smallest absolute Gasteiger partial charge is 0.410 e. The minimum atomic E-state index is -0.459. The molecule has 7 nitrogen and oxygen atoms in total. The second kappa shape index (κ2) is 6.74. The van der Waals surface area contributed by atoms with Gasteiger partial charge in [-0.2, -0.15) is 0 Å². The number of imidazole rings is 1. The number of aryl methyl sites for hydroxylation is 1. The number of piperazine rings is 1. The summed E-state index contributed by atoms with van der Waals surface area (Å²) < 4.78 is 7.34. The van der Waals surface area contributed by atoms with E-state index in [9.17, 15) is 4.79 Å². The molecule has 1 aliphatic rings. The second-order valence-electron chi connectivity index (χ2n) is 7.28. The number of rotatable bonds is 2. The van der Waals surface area contributed by atoms with Gasteiger partial charge in [-0.3, -0.25) is 4.98 Å². The normalized spacial score (nSPS) is 15.4. The Balaban J connectivity index is 1.59. The van der Waals surface area contributed by atoms with Gasteiger partial charge in [0.2, 0.25) is 0 Å². The van der Waals surface area contributed by atoms with Gasteiger partial charge in [0.15, 0.2) is 0 Å². The maximum atomic E-state index is 12.1. The molecule has 0 unspecified atom stereocenters. The van der Waals surface area contributed by atoms with Gasteiger partial charge in [0.1, 0.15) is 11.3 Å². The van der Waals surface area contributed by atoms with Gasteiger partial charge in [-0.25, -0.2) is 9.78 Å². The number of pyridine rings is 1. The zero-order chi connectivity index (χ0) is 18.0. The van der Waals surface area contributed by atoms with Crippen molar-refractivity contribution in [2.24, 2.45) is 7.05 Å². The van der Waals surface area contributed by atoms with E-state index in [1.165, 1.54) is 0 Å². The highest BCUT2D eigenvalue weighted by atomic mass is 16.6. The van der Waals surface area contributed by atoms with Crippen molar-refractivity contribution < 1.29 is 9.53 Å². The fraction of sp³-hybridized carbons (Fsp3) is 0.500. The first-order chi connectivity index (χ1) is 11.8. The first-order valence-corrected chi connectivity index (χ1v) is 8.49. The molecule has 25 heavy (non-hydrogen) atoms. The third-order valence-corrected chi connectivity index (χ3v) is 4.01. The van der Waals surface area contributed by atoms with Crippen LogP contribution in [0.1, 0.15) is 20.8 Å². The molecule has 0 atom stereocenters. The van der Waals surface area contributed by atoms with E-state index in [4.69, 9.17) is 4.74 Å². The van der Waals surface area contributed by atoms with Crippen LogP contribution in [-0.2, 0) is 11.8 Å². The first-order valence-electron chi connectivity index (χ1n) is 8.49. The zero-order valence-electron chi connectivity index (χ0n) is 15.3. The summed E-state index contributed by atoms with van der Waals surface area (Å²) in [5.74, 6) is 0. The van der Waals surface area contributed by atoms with Crippen LogP contribution in [0.4, 0.5) is 10.5 Å². The average molecular weight is 343 g/mol. The summed E-state index contributed by atoms with van der Waals surface area (Å²) in [6.45, 7) is 8.49. The largest absolute Gasteiger partial charge is 0.444 e. The van der Waals surface area contributed by atoms with E-state index in [1.54, 1.807) is 11.2 Å². The van der Waals surface area contributed by atoms with E-state index >= 15 is 0 Å². The average Bonchev–Trinajstić information content (AvgIpc) is 3.00. The number of hydrogen-bond acceptors (Lipinski definition) is 5. The Hall–Kier alpha value is -2.57. The fourth-order valence-electron chi connectivity index (χ4n) is 2.74. The molecule has 7 heteroatoms. The predicted octanol–water partition coefficient (Wildman–Crippen LogP) is 2.54. The summed E-state index contributed by atoms with van der Waals surface area (Å²) in [4.78, 5) is 25.0. The Labute approximate surface area is 148 Å². The Kier molecular flexibility index (Phi) is 4.65. The van der Waals surface area contributed by atoms with Crippen molar-refractivity contribution in [2.45, 2.75) is 26.4 Å². The molecule has 0 radical (unpaired) electrons. The van der Waals surface area contributed by atoms with Crippen LogP contribution in [0.5, 0.6) is 0 Å². The van der Waals surface area contributed by atoms with Gasteiger partial charge >= 0.3 is 6.09 Å². The molecule has 2 aromatic rings. The maximum absolute atomic E-state index is 12.1. The zero-order valence-corrected chi connectivity index (χ0v) is 15.3. The molecule has 1 aliphatic heterocycles. The van der Waals surface area contributed by atoms with E-state index in [2.05, 4.69) is 20.9 Å². The van der Waals surface area contributed by atoms with Gasteiger partial charge in [0, 0.05) is 39.4 Å². The molecule has 3 rings (SSSR count). The molecule has 1 amide bonds. The number of ether oxygens (including phenoxy) is 1. The molecule has 2 aromatic heterocycles. The number of hydrogen-bond donors (Lipinski definition) is 0. The summed E-state index contributed by atoms with van der Waals surface area (Å²) in [7, 11) is 1.94. The molecule has 0 N–H and O–H groups in total. The molecule has 1 fully saturated rings. The van der Waals surface area contributed by atoms with Crippen LogP contribution >= 0.6 is 0 Å². The van der Waals surface area contributed by atoms with E-state index in [0.717, 1.165) is 30.2 Å². The lowest BCUT2D eigenvalue weighted by Crippen LogP contribution is -2.50. The first kappa shape index (κ1) is 17.3. The monoisotopic (exact) mass is 343 g/mol. The van der Waals surface area contributed by atoms with Crippen LogP contribution in [0, 0.1) is 0 Å². The highest BCUT2D eigenvalue weighted by Crippen LogP contribution is 2.20. The highest BCUT2D eigenvalue weighted by molar-refractivity contribution is 5.68. The van der Waals surface area contributed by atoms with Gasteiger partial charge in [0.25, 0.3) is 0 Å². The van der Waals surface area contributed by atoms with Crippen molar-refractivity contribution in [2.75, 3.05) is 31.1 Å². The van der Waals surface area contributed by atoms with Gasteiger partial charge in [0.05, 0.1) is 23.9 Å². The minimum Gasteiger partial charge on any atom is -0.444 e. The van der Waals surface area contributed by atoms with Gasteiger partial charge in [-0.05, 0) is 32.9 Å². The Morgan fingerprint density at radius 1 is 1.08 bits per heavy atom. The van der Waals surface area contributed by atoms with E-state index in [-0.39, 0.29) is 6.09 Å². The third kappa shape index (κ3) is 4.29. The van der Waals surface area contributed by atoms with Crippen LogP contribution in [0.3, 0.4) is 0 Å². The Bertz CT molecular complexity index is 725. The molecular weight excluding hydrogens is 318 g/mol. The van der Waals surface area contributed by atoms with Crippen molar-refractivity contribution in [3.63, 3.8) is 0 Å². The lowest BCUT2D eigenvalue weighted by molar-refractivity contribution is 0.0240. The lowest BCUT2D eigenvalue weighted by atomic mass is 10.2. The number of carbonyl (C=O) groups excluding carboxylic acids is 1. The van der Waals surface area contributed by atoms with Gasteiger partial charge in [-0.15, -0.1) is 0 Å². The van der Waals surface area contributed by atoms with Gasteiger partial charge in [-0.1, -0.05) is 0 Å². The summed E-state index contributed by atoms with van der Waals surface area (Å²) in [6, 6.07) is 4.04. The quantitative estimate of drug-likeness (QED) is 0.838. The molecule has 0 saturated carbocycles. The van der Waals surface area contributed by atoms with Crippen LogP contribution in [0.2, 0.25) is 0 Å². The molecule has 0 bridgehead atoms. The van der Waals surface area contributed by atoms with Crippen molar-refractivity contribution >= 4 is 11.8 Å². The number of nitrogens with zero attached hydrogens (tertiary/aromatic N) is 5. The number of amides is 1. The lowest BCUT2D eigenvalue weighted by Gasteiger charge is -2.36. The summed E-state index contributed by atoms with van der Waals surface area (Å²) in [5.41, 5.74) is 2.32. The number of anilines is 1. The van der Waals surface area contributed by atoms with Crippen molar-refractivity contribution in [1.29, 1.82) is 0 Å². The maximum Gasteiger partial charge on any atom is 0.410 e.